The SMILES string of the molecule is CCCC(C)N1CC2CCCN2CC1C(C)C. The number of piperazine rings is 1. The molecule has 0 aromatic carbocycles. The highest BCUT2D eigenvalue weighted by Crippen LogP contribution is 2.29. The third kappa shape index (κ3) is 2.85. The summed E-state index contributed by atoms with van der Waals surface area (Å²) in [4.78, 5) is 5.57. The Morgan fingerprint density at radius 1 is 1.18 bits per heavy atom. The highest BCUT2D eigenvalue weighted by atomic mass is 15.3. The van der Waals surface area contributed by atoms with Gasteiger partial charge in [-0.3, -0.25) is 9.80 Å². The van der Waals surface area contributed by atoms with Gasteiger partial charge in [0.15, 0.2) is 0 Å². The minimum Gasteiger partial charge on any atom is -0.298 e. The van der Waals surface area contributed by atoms with E-state index in [9.17, 15) is 0 Å². The lowest BCUT2D eigenvalue weighted by Crippen LogP contribution is -2.60. The molecule has 0 saturated carbocycles. The average molecular weight is 238 g/mol. The number of nitrogens with zero attached hydrogens (tertiary/aromatic N) is 2. The molecule has 3 unspecified atom stereocenters. The van der Waals surface area contributed by atoms with Gasteiger partial charge in [-0.1, -0.05) is 27.2 Å². The van der Waals surface area contributed by atoms with Crippen molar-refractivity contribution in [1.82, 2.24) is 9.80 Å². The Labute approximate surface area is 107 Å². The van der Waals surface area contributed by atoms with Crippen molar-refractivity contribution >= 4 is 0 Å². The fraction of sp³-hybridized carbons (Fsp3) is 1.00. The Morgan fingerprint density at radius 2 is 1.94 bits per heavy atom. The van der Waals surface area contributed by atoms with E-state index in [2.05, 4.69) is 37.5 Å². The van der Waals surface area contributed by atoms with Crippen molar-refractivity contribution < 1.29 is 0 Å². The van der Waals surface area contributed by atoms with Gasteiger partial charge in [-0.2, -0.15) is 0 Å². The van der Waals surface area contributed by atoms with Gasteiger partial charge in [-0.15, -0.1) is 0 Å². The highest BCUT2D eigenvalue weighted by Gasteiger charge is 2.38. The molecule has 0 aromatic rings. The molecule has 0 spiro atoms. The molecule has 17 heavy (non-hydrogen) atoms. The second-order valence-corrected chi connectivity index (χ2v) is 6.44. The smallest absolute Gasteiger partial charge is 0.0249 e. The van der Waals surface area contributed by atoms with Crippen LogP contribution in [0.2, 0.25) is 0 Å². The first kappa shape index (κ1) is 13.4. The molecule has 0 aliphatic carbocycles. The van der Waals surface area contributed by atoms with Gasteiger partial charge in [-0.05, 0) is 38.6 Å². The van der Waals surface area contributed by atoms with E-state index in [1.54, 1.807) is 0 Å². The number of rotatable bonds is 4. The zero-order chi connectivity index (χ0) is 12.4. The van der Waals surface area contributed by atoms with Gasteiger partial charge in [0.2, 0.25) is 0 Å². The first-order chi connectivity index (χ1) is 8.13. The van der Waals surface area contributed by atoms with Gasteiger partial charge in [0.1, 0.15) is 0 Å². The fourth-order valence-electron chi connectivity index (χ4n) is 3.75. The van der Waals surface area contributed by atoms with Crippen molar-refractivity contribution in [3.8, 4) is 0 Å². The van der Waals surface area contributed by atoms with Crippen LogP contribution in [0.4, 0.5) is 0 Å². The number of hydrogen-bond acceptors (Lipinski definition) is 2. The molecule has 2 heterocycles. The first-order valence-corrected chi connectivity index (χ1v) is 7.63. The normalized spacial score (nSPS) is 33.0. The van der Waals surface area contributed by atoms with E-state index in [0.29, 0.717) is 0 Å². The third-order valence-corrected chi connectivity index (χ3v) is 4.81. The van der Waals surface area contributed by atoms with E-state index in [0.717, 1.165) is 24.0 Å². The van der Waals surface area contributed by atoms with Crippen LogP contribution in [0.25, 0.3) is 0 Å². The highest BCUT2D eigenvalue weighted by molar-refractivity contribution is 4.94. The van der Waals surface area contributed by atoms with Gasteiger partial charge in [0.05, 0.1) is 0 Å². The van der Waals surface area contributed by atoms with Crippen LogP contribution >= 0.6 is 0 Å². The van der Waals surface area contributed by atoms with E-state index in [1.165, 1.54) is 45.3 Å². The summed E-state index contributed by atoms with van der Waals surface area (Å²) in [5.41, 5.74) is 0. The first-order valence-electron chi connectivity index (χ1n) is 7.63. The molecule has 0 N–H and O–H groups in total. The lowest BCUT2D eigenvalue weighted by Gasteiger charge is -2.48. The van der Waals surface area contributed by atoms with Crippen LogP contribution in [-0.2, 0) is 0 Å². The summed E-state index contributed by atoms with van der Waals surface area (Å²) in [5.74, 6) is 0.788. The molecule has 2 nitrogen and oxygen atoms in total. The molecular weight excluding hydrogens is 208 g/mol. The van der Waals surface area contributed by atoms with Crippen LogP contribution in [0.1, 0.15) is 53.4 Å². The maximum absolute atomic E-state index is 2.82. The standard InChI is InChI=1S/C15H30N2/c1-5-7-13(4)17-10-14-8-6-9-16(14)11-15(17)12(2)3/h12-15H,5-11H2,1-4H3. The van der Waals surface area contributed by atoms with Crippen molar-refractivity contribution in [2.75, 3.05) is 19.6 Å². The van der Waals surface area contributed by atoms with Gasteiger partial charge in [-0.25, -0.2) is 0 Å². The molecule has 0 aromatic heterocycles. The van der Waals surface area contributed by atoms with E-state index in [1.807, 2.05) is 0 Å². The molecule has 2 saturated heterocycles. The van der Waals surface area contributed by atoms with Gasteiger partial charge in [0, 0.05) is 31.2 Å². The molecule has 2 fully saturated rings. The summed E-state index contributed by atoms with van der Waals surface area (Å²) in [6, 6.07) is 2.42. The van der Waals surface area contributed by atoms with Crippen molar-refractivity contribution in [3.63, 3.8) is 0 Å². The van der Waals surface area contributed by atoms with Crippen LogP contribution in [0.5, 0.6) is 0 Å². The molecule has 0 bridgehead atoms. The third-order valence-electron chi connectivity index (χ3n) is 4.81. The van der Waals surface area contributed by atoms with E-state index in [-0.39, 0.29) is 0 Å². The summed E-state index contributed by atoms with van der Waals surface area (Å²) in [5, 5.41) is 0. The molecule has 2 aliphatic heterocycles. The number of fused-ring (bicyclic) bond motifs is 1. The van der Waals surface area contributed by atoms with Gasteiger partial charge in [0.25, 0.3) is 0 Å². The average Bonchev–Trinajstić information content (AvgIpc) is 2.74. The van der Waals surface area contributed by atoms with Crippen molar-refractivity contribution in [3.05, 3.63) is 0 Å². The van der Waals surface area contributed by atoms with Crippen molar-refractivity contribution in [2.24, 2.45) is 5.92 Å². The van der Waals surface area contributed by atoms with E-state index in [4.69, 9.17) is 0 Å². The van der Waals surface area contributed by atoms with Crippen LogP contribution < -0.4 is 0 Å². The van der Waals surface area contributed by atoms with Crippen LogP contribution in [-0.4, -0.2) is 47.6 Å². The quantitative estimate of drug-likeness (QED) is 0.743. The molecule has 0 radical (unpaired) electrons. The Hall–Kier alpha value is -0.0800. The zero-order valence-corrected chi connectivity index (χ0v) is 12.2. The van der Waals surface area contributed by atoms with E-state index >= 15 is 0 Å². The summed E-state index contributed by atoms with van der Waals surface area (Å²) in [7, 11) is 0. The van der Waals surface area contributed by atoms with Gasteiger partial charge < -0.3 is 0 Å². The molecule has 2 aliphatic rings. The summed E-state index contributed by atoms with van der Waals surface area (Å²) >= 11 is 0. The predicted molar refractivity (Wildman–Crippen MR) is 74.3 cm³/mol. The Morgan fingerprint density at radius 3 is 2.59 bits per heavy atom. The number of hydrogen-bond donors (Lipinski definition) is 0. The summed E-state index contributed by atoms with van der Waals surface area (Å²) in [6.07, 6.45) is 5.53. The second-order valence-electron chi connectivity index (χ2n) is 6.44. The monoisotopic (exact) mass is 238 g/mol. The van der Waals surface area contributed by atoms with Crippen LogP contribution in [0, 0.1) is 5.92 Å². The van der Waals surface area contributed by atoms with E-state index < -0.39 is 0 Å². The molecule has 3 atom stereocenters. The molecule has 2 heteroatoms. The minimum atomic E-state index is 0.773. The molecule has 100 valence electrons. The van der Waals surface area contributed by atoms with Crippen LogP contribution in [0.15, 0.2) is 0 Å². The lowest BCUT2D eigenvalue weighted by molar-refractivity contribution is 0.00250. The Balaban J connectivity index is 2.04. The van der Waals surface area contributed by atoms with Crippen LogP contribution in [0.3, 0.4) is 0 Å². The topological polar surface area (TPSA) is 6.48 Å². The molecular formula is C15H30N2. The lowest BCUT2D eigenvalue weighted by atomic mass is 9.94. The predicted octanol–water partition coefficient (Wildman–Crippen LogP) is 2.98. The maximum Gasteiger partial charge on any atom is 0.0249 e. The van der Waals surface area contributed by atoms with Crippen molar-refractivity contribution in [2.45, 2.75) is 71.5 Å². The minimum absolute atomic E-state index is 0.773. The zero-order valence-electron chi connectivity index (χ0n) is 12.2. The fourth-order valence-corrected chi connectivity index (χ4v) is 3.75. The largest absolute Gasteiger partial charge is 0.298 e. The van der Waals surface area contributed by atoms with Gasteiger partial charge >= 0.3 is 0 Å². The molecule has 2 rings (SSSR count). The summed E-state index contributed by atoms with van der Waals surface area (Å²) < 4.78 is 0. The summed E-state index contributed by atoms with van der Waals surface area (Å²) in [6.45, 7) is 13.5. The Kier molecular flexibility index (Phi) is 4.48. The Bertz CT molecular complexity index is 239. The maximum atomic E-state index is 2.82. The molecule has 0 amide bonds. The second kappa shape index (κ2) is 5.71. The van der Waals surface area contributed by atoms with Crippen molar-refractivity contribution in [1.29, 1.82) is 0 Å².